The summed E-state index contributed by atoms with van der Waals surface area (Å²) in [5, 5.41) is 0. The molecule has 0 saturated carbocycles. The monoisotopic (exact) mass is 282 g/mol. The maximum absolute atomic E-state index is 5.96. The van der Waals surface area contributed by atoms with E-state index < -0.39 is 0 Å². The van der Waals surface area contributed by atoms with Crippen molar-refractivity contribution < 1.29 is 0 Å². The Hall–Kier alpha value is -2.07. The fraction of sp³-hybridized carbons (Fsp3) is 0.353. The zero-order valence-corrected chi connectivity index (χ0v) is 12.4. The largest absolute Gasteiger partial charge is 0.368 e. The summed E-state index contributed by atoms with van der Waals surface area (Å²) >= 11 is 0. The van der Waals surface area contributed by atoms with Crippen molar-refractivity contribution in [3.05, 3.63) is 54.2 Å². The third-order valence-corrected chi connectivity index (χ3v) is 4.02. The molecule has 1 aliphatic rings. The third kappa shape index (κ3) is 3.16. The minimum atomic E-state index is 0.0531. The highest BCUT2D eigenvalue weighted by molar-refractivity contribution is 5.49. The highest BCUT2D eigenvalue weighted by Crippen LogP contribution is 2.20. The van der Waals surface area contributed by atoms with Crippen LogP contribution >= 0.6 is 0 Å². The molecule has 0 spiro atoms. The lowest BCUT2D eigenvalue weighted by Gasteiger charge is -2.36. The first kappa shape index (κ1) is 13.9. The van der Waals surface area contributed by atoms with Gasteiger partial charge in [0.15, 0.2) is 0 Å². The van der Waals surface area contributed by atoms with Crippen molar-refractivity contribution in [2.24, 2.45) is 5.73 Å². The fourth-order valence-corrected chi connectivity index (χ4v) is 2.72. The van der Waals surface area contributed by atoms with Crippen molar-refractivity contribution >= 4 is 11.5 Å². The standard InChI is InChI=1S/C17H22N4/c1-14(18)15-7-8-19-17(13-15)21-11-9-20(10-12-21)16-5-3-2-4-6-16/h2-8,13-14H,9-12,18H2,1H3/t14-/m1/s1. The van der Waals surface area contributed by atoms with E-state index in [0.29, 0.717) is 0 Å². The molecule has 1 fully saturated rings. The van der Waals surface area contributed by atoms with Gasteiger partial charge in [-0.1, -0.05) is 18.2 Å². The Morgan fingerprint density at radius 3 is 2.33 bits per heavy atom. The molecule has 0 bridgehead atoms. The van der Waals surface area contributed by atoms with Crippen LogP contribution in [0.25, 0.3) is 0 Å². The maximum atomic E-state index is 5.96. The van der Waals surface area contributed by atoms with E-state index >= 15 is 0 Å². The van der Waals surface area contributed by atoms with Crippen molar-refractivity contribution in [2.75, 3.05) is 36.0 Å². The Morgan fingerprint density at radius 1 is 1.00 bits per heavy atom. The van der Waals surface area contributed by atoms with Gasteiger partial charge in [0.2, 0.25) is 0 Å². The molecule has 3 rings (SSSR count). The predicted octanol–water partition coefficient (Wildman–Crippen LogP) is 2.43. The summed E-state index contributed by atoms with van der Waals surface area (Å²) in [5.74, 6) is 1.04. The van der Waals surface area contributed by atoms with Crippen molar-refractivity contribution in [1.29, 1.82) is 0 Å². The van der Waals surface area contributed by atoms with Gasteiger partial charge in [0.1, 0.15) is 5.82 Å². The second-order valence-corrected chi connectivity index (χ2v) is 5.55. The summed E-state index contributed by atoms with van der Waals surface area (Å²) in [6, 6.07) is 14.7. The lowest BCUT2D eigenvalue weighted by Crippen LogP contribution is -2.46. The molecule has 110 valence electrons. The van der Waals surface area contributed by atoms with Crippen LogP contribution in [0.4, 0.5) is 11.5 Å². The van der Waals surface area contributed by atoms with Gasteiger partial charge >= 0.3 is 0 Å². The zero-order valence-electron chi connectivity index (χ0n) is 12.4. The van der Waals surface area contributed by atoms with E-state index in [9.17, 15) is 0 Å². The molecule has 4 heteroatoms. The number of aromatic nitrogens is 1. The first-order valence-corrected chi connectivity index (χ1v) is 7.50. The van der Waals surface area contributed by atoms with Crippen molar-refractivity contribution in [3.8, 4) is 0 Å². The topological polar surface area (TPSA) is 45.4 Å². The van der Waals surface area contributed by atoms with Gasteiger partial charge < -0.3 is 15.5 Å². The molecule has 4 nitrogen and oxygen atoms in total. The van der Waals surface area contributed by atoms with Gasteiger partial charge in [0.25, 0.3) is 0 Å². The van der Waals surface area contributed by atoms with Crippen molar-refractivity contribution in [2.45, 2.75) is 13.0 Å². The van der Waals surface area contributed by atoms with E-state index in [0.717, 1.165) is 37.6 Å². The zero-order chi connectivity index (χ0) is 14.7. The van der Waals surface area contributed by atoms with Crippen LogP contribution in [0.5, 0.6) is 0 Å². The van der Waals surface area contributed by atoms with Gasteiger partial charge in [-0.25, -0.2) is 4.98 Å². The Balaban J connectivity index is 1.67. The van der Waals surface area contributed by atoms with Gasteiger partial charge in [-0.05, 0) is 36.8 Å². The molecular formula is C17H22N4. The molecule has 1 saturated heterocycles. The minimum Gasteiger partial charge on any atom is -0.368 e. The van der Waals surface area contributed by atoms with Gasteiger partial charge in [0, 0.05) is 44.1 Å². The summed E-state index contributed by atoms with van der Waals surface area (Å²) in [6.07, 6.45) is 1.86. The maximum Gasteiger partial charge on any atom is 0.128 e. The van der Waals surface area contributed by atoms with Crippen LogP contribution < -0.4 is 15.5 Å². The van der Waals surface area contributed by atoms with Crippen LogP contribution in [0, 0.1) is 0 Å². The van der Waals surface area contributed by atoms with Gasteiger partial charge in [-0.3, -0.25) is 0 Å². The molecule has 1 aromatic carbocycles. The fourth-order valence-electron chi connectivity index (χ4n) is 2.72. The number of pyridine rings is 1. The number of nitrogens with two attached hydrogens (primary N) is 1. The molecule has 0 aliphatic carbocycles. The van der Waals surface area contributed by atoms with E-state index in [2.05, 4.69) is 51.2 Å². The Labute approximate surface area is 126 Å². The number of nitrogens with zero attached hydrogens (tertiary/aromatic N) is 3. The first-order valence-electron chi connectivity index (χ1n) is 7.50. The molecule has 0 radical (unpaired) electrons. The van der Waals surface area contributed by atoms with Crippen molar-refractivity contribution in [3.63, 3.8) is 0 Å². The van der Waals surface area contributed by atoms with Gasteiger partial charge in [-0.2, -0.15) is 0 Å². The molecule has 1 aromatic heterocycles. The van der Waals surface area contributed by atoms with Crippen LogP contribution in [0.15, 0.2) is 48.7 Å². The average molecular weight is 282 g/mol. The summed E-state index contributed by atoms with van der Waals surface area (Å²) in [5.41, 5.74) is 8.40. The van der Waals surface area contributed by atoms with E-state index in [4.69, 9.17) is 5.73 Å². The molecule has 2 aromatic rings. The lowest BCUT2D eigenvalue weighted by molar-refractivity contribution is 0.646. The number of anilines is 2. The second kappa shape index (κ2) is 6.14. The van der Waals surface area contributed by atoms with Gasteiger partial charge in [0.05, 0.1) is 0 Å². The highest BCUT2D eigenvalue weighted by Gasteiger charge is 2.18. The summed E-state index contributed by atoms with van der Waals surface area (Å²) in [6.45, 7) is 6.03. The highest BCUT2D eigenvalue weighted by atomic mass is 15.3. The predicted molar refractivity (Wildman–Crippen MR) is 87.7 cm³/mol. The van der Waals surface area contributed by atoms with E-state index in [-0.39, 0.29) is 6.04 Å². The quantitative estimate of drug-likeness (QED) is 0.939. The van der Waals surface area contributed by atoms with Crippen molar-refractivity contribution in [1.82, 2.24) is 4.98 Å². The van der Waals surface area contributed by atoms with Crippen LogP contribution in [-0.2, 0) is 0 Å². The Bertz CT molecular complexity index is 574. The number of hydrogen-bond acceptors (Lipinski definition) is 4. The number of para-hydroxylation sites is 1. The molecule has 1 atom stereocenters. The molecule has 21 heavy (non-hydrogen) atoms. The molecule has 1 aliphatic heterocycles. The van der Waals surface area contributed by atoms with E-state index in [1.165, 1.54) is 5.69 Å². The Kier molecular flexibility index (Phi) is 4.06. The van der Waals surface area contributed by atoms with E-state index in [1.54, 1.807) is 0 Å². The van der Waals surface area contributed by atoms with Crippen LogP contribution in [0.2, 0.25) is 0 Å². The molecule has 2 N–H and O–H groups in total. The average Bonchev–Trinajstić information content (AvgIpc) is 2.56. The van der Waals surface area contributed by atoms with Gasteiger partial charge in [-0.15, -0.1) is 0 Å². The number of rotatable bonds is 3. The third-order valence-electron chi connectivity index (χ3n) is 4.02. The van der Waals surface area contributed by atoms with E-state index in [1.807, 2.05) is 19.2 Å². The SMILES string of the molecule is C[C@@H](N)c1ccnc(N2CCN(c3ccccc3)CC2)c1. The molecular weight excluding hydrogens is 260 g/mol. The number of hydrogen-bond donors (Lipinski definition) is 1. The number of benzene rings is 1. The molecule has 0 amide bonds. The minimum absolute atomic E-state index is 0.0531. The summed E-state index contributed by atoms with van der Waals surface area (Å²) in [4.78, 5) is 9.26. The first-order chi connectivity index (χ1) is 10.2. The Morgan fingerprint density at radius 2 is 1.67 bits per heavy atom. The smallest absolute Gasteiger partial charge is 0.128 e. The normalized spacial score (nSPS) is 16.9. The summed E-state index contributed by atoms with van der Waals surface area (Å²) < 4.78 is 0. The summed E-state index contributed by atoms with van der Waals surface area (Å²) in [7, 11) is 0. The van der Waals surface area contributed by atoms with Crippen LogP contribution in [0.1, 0.15) is 18.5 Å². The van der Waals surface area contributed by atoms with Crippen LogP contribution in [-0.4, -0.2) is 31.2 Å². The second-order valence-electron chi connectivity index (χ2n) is 5.55. The molecule has 0 unspecified atom stereocenters. The molecule has 2 heterocycles. The lowest BCUT2D eigenvalue weighted by atomic mass is 10.1. The number of piperazine rings is 1. The van der Waals surface area contributed by atoms with Crippen LogP contribution in [0.3, 0.4) is 0 Å².